The van der Waals surface area contributed by atoms with Crippen LogP contribution in [-0.4, -0.2) is 49.6 Å². The highest BCUT2D eigenvalue weighted by Gasteiger charge is 2.53. The topological polar surface area (TPSA) is 82.1 Å². The molecule has 134 valence electrons. The fraction of sp³-hybridized carbons (Fsp3) is 0.882. The smallest absolute Gasteiger partial charge is 0.310 e. The molecule has 0 aliphatic heterocycles. The molecule has 0 aromatic carbocycles. The number of carbonyl (C=O) groups excluding carboxylic acids is 1. The minimum Gasteiger partial charge on any atom is -0.481 e. The molecule has 0 bridgehead atoms. The van der Waals surface area contributed by atoms with Gasteiger partial charge in [-0.1, -0.05) is 6.42 Å². The minimum atomic E-state index is -1.02. The number of hydrogen-bond donors (Lipinski definition) is 1. The van der Waals surface area contributed by atoms with Crippen molar-refractivity contribution in [1.82, 2.24) is 0 Å². The Labute approximate surface area is 138 Å². The van der Waals surface area contributed by atoms with Crippen molar-refractivity contribution in [2.75, 3.05) is 26.9 Å². The van der Waals surface area contributed by atoms with E-state index in [9.17, 15) is 14.7 Å². The summed E-state index contributed by atoms with van der Waals surface area (Å²) in [5.41, 5.74) is -1.62. The van der Waals surface area contributed by atoms with Crippen molar-refractivity contribution in [2.24, 2.45) is 11.3 Å². The Balaban J connectivity index is 2.66. The maximum atomic E-state index is 12.4. The van der Waals surface area contributed by atoms with Crippen molar-refractivity contribution >= 4 is 11.9 Å². The molecule has 0 spiro atoms. The first-order valence-electron chi connectivity index (χ1n) is 8.26. The van der Waals surface area contributed by atoms with Crippen molar-refractivity contribution in [2.45, 2.75) is 58.5 Å². The second-order valence-electron chi connectivity index (χ2n) is 7.15. The van der Waals surface area contributed by atoms with Crippen molar-refractivity contribution in [1.29, 1.82) is 0 Å². The molecule has 2 atom stereocenters. The normalized spacial score (nSPS) is 24.6. The van der Waals surface area contributed by atoms with E-state index in [1.165, 1.54) is 0 Å². The van der Waals surface area contributed by atoms with Gasteiger partial charge in [-0.15, -0.1) is 0 Å². The van der Waals surface area contributed by atoms with Gasteiger partial charge in [-0.3, -0.25) is 9.59 Å². The van der Waals surface area contributed by atoms with E-state index in [0.717, 1.165) is 6.42 Å². The van der Waals surface area contributed by atoms with Crippen LogP contribution in [0.1, 0.15) is 52.9 Å². The summed E-state index contributed by atoms with van der Waals surface area (Å²) in [6, 6.07) is 0. The zero-order valence-corrected chi connectivity index (χ0v) is 14.7. The summed E-state index contributed by atoms with van der Waals surface area (Å²) in [6.07, 6.45) is 2.87. The number of carboxylic acids is 1. The Morgan fingerprint density at radius 3 is 2.48 bits per heavy atom. The van der Waals surface area contributed by atoms with E-state index >= 15 is 0 Å². The molecule has 0 aromatic heterocycles. The predicted octanol–water partition coefficient (Wildman–Crippen LogP) is 2.64. The third-order valence-corrected chi connectivity index (χ3v) is 4.24. The van der Waals surface area contributed by atoms with Gasteiger partial charge in [0.15, 0.2) is 0 Å². The lowest BCUT2D eigenvalue weighted by Gasteiger charge is -2.32. The number of aliphatic carboxylic acids is 1. The molecule has 1 N–H and O–H groups in total. The number of hydrogen-bond acceptors (Lipinski definition) is 5. The first-order chi connectivity index (χ1) is 10.7. The van der Waals surface area contributed by atoms with Gasteiger partial charge in [0, 0.05) is 13.7 Å². The molecular formula is C17H30O6. The first-order valence-corrected chi connectivity index (χ1v) is 8.26. The lowest BCUT2D eigenvalue weighted by Crippen LogP contribution is -2.41. The van der Waals surface area contributed by atoms with E-state index in [2.05, 4.69) is 0 Å². The Morgan fingerprint density at radius 2 is 1.91 bits per heavy atom. The van der Waals surface area contributed by atoms with Crippen LogP contribution in [0.25, 0.3) is 0 Å². The van der Waals surface area contributed by atoms with Crippen LogP contribution in [0.15, 0.2) is 0 Å². The zero-order valence-electron chi connectivity index (χ0n) is 14.7. The molecule has 2 unspecified atom stereocenters. The number of esters is 1. The SMILES string of the molecule is COCCOCCCC1(C(=O)O)CCCC1C(=O)OC(C)(C)C. The number of ether oxygens (including phenoxy) is 3. The molecule has 0 heterocycles. The maximum Gasteiger partial charge on any atom is 0.310 e. The maximum absolute atomic E-state index is 12.4. The van der Waals surface area contributed by atoms with E-state index in [1.54, 1.807) is 27.9 Å². The van der Waals surface area contributed by atoms with E-state index < -0.39 is 28.9 Å². The van der Waals surface area contributed by atoms with Gasteiger partial charge in [0.2, 0.25) is 0 Å². The first kappa shape index (κ1) is 19.9. The Morgan fingerprint density at radius 1 is 1.22 bits per heavy atom. The second-order valence-corrected chi connectivity index (χ2v) is 7.15. The zero-order chi connectivity index (χ0) is 17.5. The van der Waals surface area contributed by atoms with Gasteiger partial charge in [0.05, 0.1) is 24.5 Å². The van der Waals surface area contributed by atoms with Crippen molar-refractivity contribution in [3.63, 3.8) is 0 Å². The summed E-state index contributed by atoms with van der Waals surface area (Å²) < 4.78 is 15.7. The largest absolute Gasteiger partial charge is 0.481 e. The summed E-state index contributed by atoms with van der Waals surface area (Å²) >= 11 is 0. The Kier molecular flexibility index (Phi) is 7.48. The number of carbonyl (C=O) groups is 2. The lowest BCUT2D eigenvalue weighted by atomic mass is 9.74. The molecule has 6 heteroatoms. The second kappa shape index (κ2) is 8.64. The Bertz CT molecular complexity index is 400. The number of methoxy groups -OCH3 is 1. The van der Waals surface area contributed by atoms with Crippen molar-refractivity contribution in [3.8, 4) is 0 Å². The van der Waals surface area contributed by atoms with E-state index in [1.807, 2.05) is 0 Å². The van der Waals surface area contributed by atoms with Crippen molar-refractivity contribution in [3.05, 3.63) is 0 Å². The molecule has 1 fully saturated rings. The molecule has 1 aliphatic carbocycles. The van der Waals surface area contributed by atoms with E-state index in [-0.39, 0.29) is 0 Å². The van der Waals surface area contributed by atoms with Crippen molar-refractivity contribution < 1.29 is 28.9 Å². The van der Waals surface area contributed by atoms with Gasteiger partial charge >= 0.3 is 11.9 Å². The summed E-state index contributed by atoms with van der Waals surface area (Å²) in [5, 5.41) is 9.75. The molecule has 0 radical (unpaired) electrons. The quantitative estimate of drug-likeness (QED) is 0.517. The van der Waals surface area contributed by atoms with E-state index in [4.69, 9.17) is 14.2 Å². The third kappa shape index (κ3) is 5.77. The van der Waals surface area contributed by atoms with E-state index in [0.29, 0.717) is 45.5 Å². The van der Waals surface area contributed by atoms with Crippen LogP contribution in [-0.2, 0) is 23.8 Å². The summed E-state index contributed by atoms with van der Waals surface area (Å²) in [7, 11) is 1.60. The lowest BCUT2D eigenvalue weighted by molar-refractivity contribution is -0.172. The molecule has 1 saturated carbocycles. The van der Waals surface area contributed by atoms with Crippen LogP contribution >= 0.6 is 0 Å². The highest BCUT2D eigenvalue weighted by atomic mass is 16.6. The number of rotatable bonds is 9. The summed E-state index contributed by atoms with van der Waals surface area (Å²) in [4.78, 5) is 24.3. The average molecular weight is 330 g/mol. The van der Waals surface area contributed by atoms with Gasteiger partial charge in [0.25, 0.3) is 0 Å². The molecule has 1 aliphatic rings. The van der Waals surface area contributed by atoms with Gasteiger partial charge in [0.1, 0.15) is 5.60 Å². The fourth-order valence-electron chi connectivity index (χ4n) is 3.18. The molecule has 0 amide bonds. The molecule has 0 saturated heterocycles. The van der Waals surface area contributed by atoms with Crippen LogP contribution in [0.3, 0.4) is 0 Å². The highest BCUT2D eigenvalue weighted by molar-refractivity contribution is 5.85. The molecule has 6 nitrogen and oxygen atoms in total. The highest BCUT2D eigenvalue weighted by Crippen LogP contribution is 2.48. The average Bonchev–Trinajstić information content (AvgIpc) is 2.86. The van der Waals surface area contributed by atoms with Gasteiger partial charge < -0.3 is 19.3 Å². The van der Waals surface area contributed by atoms with Crippen LogP contribution in [0, 0.1) is 11.3 Å². The van der Waals surface area contributed by atoms with Gasteiger partial charge in [-0.05, 0) is 46.5 Å². The standard InChI is InChI=1S/C17H30O6/c1-16(2,3)23-14(18)13-7-5-8-17(13,15(19)20)9-6-10-22-12-11-21-4/h13H,5-12H2,1-4H3,(H,19,20). The molecule has 0 aromatic rings. The summed E-state index contributed by atoms with van der Waals surface area (Å²) in [6.45, 7) is 6.87. The summed E-state index contributed by atoms with van der Waals surface area (Å²) in [5.74, 6) is -1.86. The monoisotopic (exact) mass is 330 g/mol. The molecule has 23 heavy (non-hydrogen) atoms. The van der Waals surface area contributed by atoms with Crippen LogP contribution in [0.5, 0.6) is 0 Å². The van der Waals surface area contributed by atoms with Crippen LogP contribution < -0.4 is 0 Å². The third-order valence-electron chi connectivity index (χ3n) is 4.24. The predicted molar refractivity (Wildman–Crippen MR) is 85.2 cm³/mol. The Hall–Kier alpha value is -1.14. The molecular weight excluding hydrogens is 300 g/mol. The fourth-order valence-corrected chi connectivity index (χ4v) is 3.18. The van der Waals surface area contributed by atoms with Crippen LogP contribution in [0.4, 0.5) is 0 Å². The van der Waals surface area contributed by atoms with Gasteiger partial charge in [-0.25, -0.2) is 0 Å². The number of carboxylic acid groups (broad SMARTS) is 1. The van der Waals surface area contributed by atoms with Gasteiger partial charge in [-0.2, -0.15) is 0 Å². The molecule has 1 rings (SSSR count). The minimum absolute atomic E-state index is 0.391. The van der Waals surface area contributed by atoms with Crippen LogP contribution in [0.2, 0.25) is 0 Å².